The molecule has 32 heavy (non-hydrogen) atoms. The number of hydrogen-bond acceptors (Lipinski definition) is 8. The van der Waals surface area contributed by atoms with E-state index >= 15 is 0 Å². The summed E-state index contributed by atoms with van der Waals surface area (Å²) in [5.41, 5.74) is 1.11. The van der Waals surface area contributed by atoms with Gasteiger partial charge in [0, 0.05) is 6.20 Å². The fourth-order valence-electron chi connectivity index (χ4n) is 3.74. The summed E-state index contributed by atoms with van der Waals surface area (Å²) >= 11 is 12.0. The zero-order valence-corrected chi connectivity index (χ0v) is 19.1. The average Bonchev–Trinajstić information content (AvgIpc) is 3.22. The molecule has 0 saturated carbocycles. The third-order valence-corrected chi connectivity index (χ3v) is 6.07. The minimum atomic E-state index is -1.76. The number of ether oxygens (including phenoxy) is 1. The summed E-state index contributed by atoms with van der Waals surface area (Å²) in [5.74, 6) is -0.615. The van der Waals surface area contributed by atoms with E-state index in [4.69, 9.17) is 32.8 Å². The van der Waals surface area contributed by atoms with Gasteiger partial charge in [-0.25, -0.2) is 19.8 Å². The van der Waals surface area contributed by atoms with E-state index < -0.39 is 36.0 Å². The standard InChI is InChI=1S/C19H19Cl2FN4O5.ClH/c1-19(29,8-3-4-9(20)10(21)5-8)15-13(27)14(28)18(31-15)26-6-11(22)12-16(25-30-2)23-7-24-17(12)26;/h3-7,13-15,18,27-29H,1-2H3,(H,23,24,25);1H/t13-,14+,15-,18+,19+;/m0./s1. The van der Waals surface area contributed by atoms with E-state index in [9.17, 15) is 19.7 Å². The lowest BCUT2D eigenvalue weighted by Gasteiger charge is -2.32. The summed E-state index contributed by atoms with van der Waals surface area (Å²) < 4.78 is 21.7. The molecule has 0 amide bonds. The van der Waals surface area contributed by atoms with Gasteiger partial charge in [0.15, 0.2) is 23.5 Å². The highest BCUT2D eigenvalue weighted by Gasteiger charge is 2.52. The molecule has 9 nitrogen and oxygen atoms in total. The van der Waals surface area contributed by atoms with Crippen LogP contribution < -0.4 is 5.48 Å². The molecule has 5 atom stereocenters. The number of hydrogen-bond donors (Lipinski definition) is 4. The maximum Gasteiger partial charge on any atom is 0.165 e. The second-order valence-electron chi connectivity index (χ2n) is 7.32. The van der Waals surface area contributed by atoms with Crippen molar-refractivity contribution in [1.29, 1.82) is 0 Å². The first-order chi connectivity index (χ1) is 14.7. The van der Waals surface area contributed by atoms with Crippen LogP contribution in [0.4, 0.5) is 10.2 Å². The van der Waals surface area contributed by atoms with E-state index in [2.05, 4.69) is 15.4 Å². The molecule has 1 saturated heterocycles. The van der Waals surface area contributed by atoms with Crippen molar-refractivity contribution >= 4 is 52.5 Å². The van der Waals surface area contributed by atoms with Crippen LogP contribution in [0.25, 0.3) is 11.0 Å². The van der Waals surface area contributed by atoms with Crippen molar-refractivity contribution < 1.29 is 29.3 Å². The predicted octanol–water partition coefficient (Wildman–Crippen LogP) is 2.80. The molecule has 0 aliphatic carbocycles. The first-order valence-corrected chi connectivity index (χ1v) is 9.92. The summed E-state index contributed by atoms with van der Waals surface area (Å²) in [6.45, 7) is 1.41. The maximum absolute atomic E-state index is 14.7. The van der Waals surface area contributed by atoms with Crippen LogP contribution in [-0.2, 0) is 15.2 Å². The van der Waals surface area contributed by atoms with E-state index in [1.54, 1.807) is 0 Å². The van der Waals surface area contributed by atoms with Gasteiger partial charge in [0.25, 0.3) is 0 Å². The molecule has 4 rings (SSSR count). The van der Waals surface area contributed by atoms with E-state index in [0.717, 1.165) is 6.20 Å². The van der Waals surface area contributed by atoms with Gasteiger partial charge >= 0.3 is 0 Å². The van der Waals surface area contributed by atoms with Gasteiger partial charge in [-0.15, -0.1) is 12.4 Å². The molecule has 3 aromatic rings. The molecule has 13 heteroatoms. The normalized spacial score (nSPS) is 24.9. The molecule has 174 valence electrons. The number of nitrogens with zero attached hydrogens (tertiary/aromatic N) is 3. The van der Waals surface area contributed by atoms with E-state index in [1.165, 1.54) is 43.1 Å². The monoisotopic (exact) mass is 508 g/mol. The van der Waals surface area contributed by atoms with Gasteiger partial charge < -0.3 is 24.6 Å². The summed E-state index contributed by atoms with van der Waals surface area (Å²) in [4.78, 5) is 12.8. The highest BCUT2D eigenvalue weighted by molar-refractivity contribution is 6.42. The first kappa shape index (κ1) is 24.9. The Morgan fingerprint density at radius 2 is 1.94 bits per heavy atom. The van der Waals surface area contributed by atoms with E-state index in [1.807, 2.05) is 0 Å². The molecule has 1 fully saturated rings. The SMILES string of the molecule is CONc1ncnc2c1c(F)cn2[C@@H]1O[C@H]([C@](C)(O)c2ccc(Cl)c(Cl)c2)[C@@H](O)[C@H]1O.Cl. The highest BCUT2D eigenvalue weighted by atomic mass is 35.5. The van der Waals surface area contributed by atoms with Crippen LogP contribution in [0, 0.1) is 5.82 Å². The number of fused-ring (bicyclic) bond motifs is 1. The van der Waals surface area contributed by atoms with Crippen LogP contribution in [0.2, 0.25) is 10.0 Å². The Labute approximate surface area is 198 Å². The van der Waals surface area contributed by atoms with Gasteiger partial charge in [0.05, 0.1) is 22.5 Å². The second kappa shape index (κ2) is 9.24. The van der Waals surface area contributed by atoms with Crippen molar-refractivity contribution in [2.75, 3.05) is 12.6 Å². The van der Waals surface area contributed by atoms with E-state index in [-0.39, 0.29) is 34.3 Å². The van der Waals surface area contributed by atoms with Gasteiger partial charge in [0.1, 0.15) is 30.2 Å². The van der Waals surface area contributed by atoms with Crippen LogP contribution in [0.5, 0.6) is 0 Å². The number of anilines is 1. The van der Waals surface area contributed by atoms with Crippen molar-refractivity contribution in [3.8, 4) is 0 Å². The molecule has 0 bridgehead atoms. The van der Waals surface area contributed by atoms with Crippen molar-refractivity contribution in [3.63, 3.8) is 0 Å². The van der Waals surface area contributed by atoms with Crippen LogP contribution in [0.15, 0.2) is 30.7 Å². The number of rotatable bonds is 5. The van der Waals surface area contributed by atoms with Crippen LogP contribution in [0.1, 0.15) is 18.7 Å². The predicted molar refractivity (Wildman–Crippen MR) is 117 cm³/mol. The topological polar surface area (TPSA) is 122 Å². The zero-order chi connectivity index (χ0) is 22.5. The smallest absolute Gasteiger partial charge is 0.165 e. The molecule has 1 aromatic carbocycles. The molecule has 1 aliphatic heterocycles. The number of aliphatic hydroxyl groups is 3. The van der Waals surface area contributed by atoms with Crippen molar-refractivity contribution in [2.45, 2.75) is 37.1 Å². The highest BCUT2D eigenvalue weighted by Crippen LogP contribution is 2.42. The molecule has 1 aliphatic rings. The summed E-state index contributed by atoms with van der Waals surface area (Å²) in [6, 6.07) is 4.48. The molecular formula is C19H20Cl3FN4O5. The Kier molecular flexibility index (Phi) is 7.18. The minimum absolute atomic E-state index is 0. The molecule has 0 spiro atoms. The lowest BCUT2D eigenvalue weighted by atomic mass is 9.87. The van der Waals surface area contributed by atoms with Crippen LogP contribution in [0.3, 0.4) is 0 Å². The van der Waals surface area contributed by atoms with Crippen LogP contribution >= 0.6 is 35.6 Å². The minimum Gasteiger partial charge on any atom is -0.387 e. The van der Waals surface area contributed by atoms with Gasteiger partial charge in [0.2, 0.25) is 0 Å². The zero-order valence-electron chi connectivity index (χ0n) is 16.7. The molecule has 0 radical (unpaired) electrons. The number of aliphatic hydroxyl groups excluding tert-OH is 2. The lowest BCUT2D eigenvalue weighted by molar-refractivity contribution is -0.135. The van der Waals surface area contributed by atoms with Crippen LogP contribution in [-0.4, -0.2) is 55.3 Å². The molecule has 4 N–H and O–H groups in total. The Morgan fingerprint density at radius 3 is 2.59 bits per heavy atom. The van der Waals surface area contributed by atoms with Crippen molar-refractivity contribution in [2.24, 2.45) is 0 Å². The van der Waals surface area contributed by atoms with E-state index in [0.29, 0.717) is 10.6 Å². The fraction of sp³-hybridized carbons (Fsp3) is 0.368. The van der Waals surface area contributed by atoms with Gasteiger partial charge in [-0.2, -0.15) is 0 Å². The molecular weight excluding hydrogens is 490 g/mol. The number of aromatic nitrogens is 3. The number of halogens is 4. The third-order valence-electron chi connectivity index (χ3n) is 5.33. The summed E-state index contributed by atoms with van der Waals surface area (Å²) in [6.07, 6.45) is -3.27. The summed E-state index contributed by atoms with van der Waals surface area (Å²) in [7, 11) is 1.35. The molecule has 0 unspecified atom stereocenters. The molecule has 2 aromatic heterocycles. The lowest BCUT2D eigenvalue weighted by Crippen LogP contribution is -2.45. The second-order valence-corrected chi connectivity index (χ2v) is 8.13. The van der Waals surface area contributed by atoms with Gasteiger partial charge in [-0.1, -0.05) is 29.3 Å². The van der Waals surface area contributed by atoms with Gasteiger partial charge in [-0.05, 0) is 24.6 Å². The number of nitrogens with one attached hydrogen (secondary N) is 1. The van der Waals surface area contributed by atoms with Crippen molar-refractivity contribution in [1.82, 2.24) is 14.5 Å². The maximum atomic E-state index is 14.7. The Balaban J connectivity index is 0.00000289. The average molecular weight is 510 g/mol. The Hall–Kier alpha value is -1.76. The largest absolute Gasteiger partial charge is 0.387 e. The fourth-order valence-corrected chi connectivity index (χ4v) is 4.04. The Morgan fingerprint density at radius 1 is 1.22 bits per heavy atom. The number of benzene rings is 1. The summed E-state index contributed by atoms with van der Waals surface area (Å²) in [5, 5.41) is 33.0. The third kappa shape index (κ3) is 4.02. The van der Waals surface area contributed by atoms with Gasteiger partial charge in [-0.3, -0.25) is 4.84 Å². The molecule has 3 heterocycles. The quantitative estimate of drug-likeness (QED) is 0.387. The van der Waals surface area contributed by atoms with Crippen molar-refractivity contribution in [3.05, 3.63) is 52.1 Å². The first-order valence-electron chi connectivity index (χ1n) is 9.16. The Bertz CT molecular complexity index is 1130.